The Kier molecular flexibility index (Phi) is 2.62. The van der Waals surface area contributed by atoms with E-state index in [1.54, 1.807) is 23.3 Å². The number of hydrogen-bond donors (Lipinski definition) is 2. The summed E-state index contributed by atoms with van der Waals surface area (Å²) in [5.74, 6) is -0.390. The molecule has 0 saturated carbocycles. The van der Waals surface area contributed by atoms with Crippen molar-refractivity contribution in [3.05, 3.63) is 18.7 Å². The van der Waals surface area contributed by atoms with E-state index < -0.39 is 12.5 Å². The average molecular weight is 155 g/mol. The van der Waals surface area contributed by atoms with Crippen LogP contribution in [0.1, 0.15) is 0 Å². The molecule has 0 aliphatic heterocycles. The van der Waals surface area contributed by atoms with Crippen LogP contribution in [0, 0.1) is 0 Å². The third-order valence-corrected chi connectivity index (χ3v) is 1.16. The summed E-state index contributed by atoms with van der Waals surface area (Å²) in [4.78, 5) is 14.3. The first-order valence-corrected chi connectivity index (χ1v) is 3.16. The fraction of sp³-hybridized carbons (Fsp3) is 0.333. The zero-order valence-electron chi connectivity index (χ0n) is 5.90. The zero-order valence-corrected chi connectivity index (χ0v) is 5.90. The minimum absolute atomic E-state index is 0.347. The van der Waals surface area contributed by atoms with Gasteiger partial charge in [0.1, 0.15) is 6.61 Å². The molecule has 0 bridgehead atoms. The number of aromatic nitrogens is 2. The van der Waals surface area contributed by atoms with Gasteiger partial charge in [-0.15, -0.1) is 0 Å². The SMILES string of the molecule is O=C(CO)NCn1ccnc1. The van der Waals surface area contributed by atoms with Crippen molar-refractivity contribution in [1.29, 1.82) is 0 Å². The molecule has 0 aliphatic carbocycles. The molecule has 1 heterocycles. The Morgan fingerprint density at radius 3 is 3.09 bits per heavy atom. The van der Waals surface area contributed by atoms with Gasteiger partial charge >= 0.3 is 0 Å². The second kappa shape index (κ2) is 3.72. The molecule has 0 fully saturated rings. The van der Waals surface area contributed by atoms with Gasteiger partial charge in [-0.1, -0.05) is 0 Å². The van der Waals surface area contributed by atoms with Crippen LogP contribution in [0.2, 0.25) is 0 Å². The normalized spacial score (nSPS) is 9.55. The Hall–Kier alpha value is -1.36. The largest absolute Gasteiger partial charge is 0.387 e. The molecular formula is C6H9N3O2. The van der Waals surface area contributed by atoms with Crippen molar-refractivity contribution >= 4 is 5.91 Å². The number of imidazole rings is 1. The second-order valence-electron chi connectivity index (χ2n) is 1.99. The number of carbonyl (C=O) groups is 1. The average Bonchev–Trinajstić information content (AvgIpc) is 2.52. The van der Waals surface area contributed by atoms with E-state index in [-0.39, 0.29) is 0 Å². The van der Waals surface area contributed by atoms with E-state index in [9.17, 15) is 4.79 Å². The van der Waals surface area contributed by atoms with Gasteiger partial charge in [0.05, 0.1) is 13.0 Å². The van der Waals surface area contributed by atoms with E-state index in [0.29, 0.717) is 6.67 Å². The maximum absolute atomic E-state index is 10.5. The molecule has 1 aromatic rings. The van der Waals surface area contributed by atoms with E-state index in [0.717, 1.165) is 0 Å². The van der Waals surface area contributed by atoms with Gasteiger partial charge in [0.15, 0.2) is 0 Å². The third kappa shape index (κ3) is 2.38. The summed E-state index contributed by atoms with van der Waals surface area (Å²) in [7, 11) is 0. The summed E-state index contributed by atoms with van der Waals surface area (Å²) < 4.78 is 1.69. The van der Waals surface area contributed by atoms with Crippen molar-refractivity contribution < 1.29 is 9.90 Å². The highest BCUT2D eigenvalue weighted by atomic mass is 16.3. The minimum atomic E-state index is -0.477. The third-order valence-electron chi connectivity index (χ3n) is 1.16. The maximum atomic E-state index is 10.5. The van der Waals surface area contributed by atoms with Crippen molar-refractivity contribution in [1.82, 2.24) is 14.9 Å². The fourth-order valence-corrected chi connectivity index (χ4v) is 0.616. The topological polar surface area (TPSA) is 67.2 Å². The predicted molar refractivity (Wildman–Crippen MR) is 37.5 cm³/mol. The minimum Gasteiger partial charge on any atom is -0.387 e. The molecule has 0 spiro atoms. The van der Waals surface area contributed by atoms with Crippen molar-refractivity contribution in [2.45, 2.75) is 6.67 Å². The highest BCUT2D eigenvalue weighted by Crippen LogP contribution is 1.81. The van der Waals surface area contributed by atoms with Crippen molar-refractivity contribution in [3.63, 3.8) is 0 Å². The van der Waals surface area contributed by atoms with Crippen molar-refractivity contribution in [3.8, 4) is 0 Å². The van der Waals surface area contributed by atoms with Gasteiger partial charge in [-0.3, -0.25) is 4.79 Å². The van der Waals surface area contributed by atoms with Gasteiger partial charge < -0.3 is 15.0 Å². The molecule has 2 N–H and O–H groups in total. The van der Waals surface area contributed by atoms with Gasteiger partial charge in [-0.05, 0) is 0 Å². The Morgan fingerprint density at radius 1 is 1.73 bits per heavy atom. The first kappa shape index (κ1) is 7.74. The van der Waals surface area contributed by atoms with Crippen LogP contribution in [0.25, 0.3) is 0 Å². The number of nitrogens with zero attached hydrogens (tertiary/aromatic N) is 2. The highest BCUT2D eigenvalue weighted by Gasteiger charge is 1.95. The van der Waals surface area contributed by atoms with Crippen LogP contribution in [0.5, 0.6) is 0 Å². The van der Waals surface area contributed by atoms with Crippen molar-refractivity contribution in [2.75, 3.05) is 6.61 Å². The highest BCUT2D eigenvalue weighted by molar-refractivity contribution is 5.76. The Bertz CT molecular complexity index is 220. The lowest BCUT2D eigenvalue weighted by Gasteiger charge is -2.02. The molecule has 1 rings (SSSR count). The Balaban J connectivity index is 2.29. The smallest absolute Gasteiger partial charge is 0.247 e. The maximum Gasteiger partial charge on any atom is 0.247 e. The molecule has 0 unspecified atom stereocenters. The van der Waals surface area contributed by atoms with Gasteiger partial charge in [-0.2, -0.15) is 0 Å². The molecule has 1 amide bonds. The Labute approximate surface area is 63.7 Å². The summed E-state index contributed by atoms with van der Waals surface area (Å²) in [6.45, 7) is -0.131. The second-order valence-corrected chi connectivity index (χ2v) is 1.99. The summed E-state index contributed by atoms with van der Waals surface area (Å²) >= 11 is 0. The fourth-order valence-electron chi connectivity index (χ4n) is 0.616. The van der Waals surface area contributed by atoms with E-state index in [1.807, 2.05) is 0 Å². The molecule has 0 aliphatic rings. The molecular weight excluding hydrogens is 146 g/mol. The van der Waals surface area contributed by atoms with Gasteiger partial charge in [0.2, 0.25) is 5.91 Å². The number of amides is 1. The molecule has 0 aromatic carbocycles. The van der Waals surface area contributed by atoms with E-state index in [4.69, 9.17) is 5.11 Å². The van der Waals surface area contributed by atoms with Crippen LogP contribution in [0.4, 0.5) is 0 Å². The standard InChI is InChI=1S/C6H9N3O2/c10-3-6(11)8-5-9-2-1-7-4-9/h1-2,4,10H,3,5H2,(H,8,11). The summed E-state index contributed by atoms with van der Waals surface area (Å²) in [5.41, 5.74) is 0. The molecule has 0 saturated heterocycles. The van der Waals surface area contributed by atoms with E-state index in [2.05, 4.69) is 10.3 Å². The first-order chi connectivity index (χ1) is 5.33. The summed E-state index contributed by atoms with van der Waals surface area (Å²) in [6.07, 6.45) is 4.92. The number of nitrogens with one attached hydrogen (secondary N) is 1. The number of aliphatic hydroxyl groups is 1. The van der Waals surface area contributed by atoms with Crippen LogP contribution in [-0.2, 0) is 11.5 Å². The van der Waals surface area contributed by atoms with Crippen LogP contribution < -0.4 is 5.32 Å². The number of hydrogen-bond acceptors (Lipinski definition) is 3. The van der Waals surface area contributed by atoms with Crippen LogP contribution in [-0.4, -0.2) is 27.2 Å². The number of rotatable bonds is 3. The number of carbonyl (C=O) groups excluding carboxylic acids is 1. The lowest BCUT2D eigenvalue weighted by Crippen LogP contribution is -2.27. The predicted octanol–water partition coefficient (Wildman–Crippen LogP) is -1.05. The zero-order chi connectivity index (χ0) is 8.10. The first-order valence-electron chi connectivity index (χ1n) is 3.16. The quantitative estimate of drug-likeness (QED) is 0.585. The molecule has 0 atom stereocenters. The summed E-state index contributed by atoms with van der Waals surface area (Å²) in [5, 5.41) is 10.8. The molecule has 5 nitrogen and oxygen atoms in total. The van der Waals surface area contributed by atoms with E-state index >= 15 is 0 Å². The summed E-state index contributed by atoms with van der Waals surface area (Å²) in [6, 6.07) is 0. The van der Waals surface area contributed by atoms with Gasteiger partial charge in [0, 0.05) is 12.4 Å². The molecule has 1 aromatic heterocycles. The van der Waals surface area contributed by atoms with Gasteiger partial charge in [-0.25, -0.2) is 4.98 Å². The van der Waals surface area contributed by atoms with Crippen molar-refractivity contribution in [2.24, 2.45) is 0 Å². The monoisotopic (exact) mass is 155 g/mol. The van der Waals surface area contributed by atoms with Crippen LogP contribution in [0.15, 0.2) is 18.7 Å². The Morgan fingerprint density at radius 2 is 2.55 bits per heavy atom. The van der Waals surface area contributed by atoms with Crippen LogP contribution >= 0.6 is 0 Å². The lowest BCUT2D eigenvalue weighted by atomic mass is 10.6. The van der Waals surface area contributed by atoms with Gasteiger partial charge in [0.25, 0.3) is 0 Å². The van der Waals surface area contributed by atoms with E-state index in [1.165, 1.54) is 0 Å². The molecule has 0 radical (unpaired) electrons. The molecule has 5 heteroatoms. The molecule has 60 valence electrons. The number of aliphatic hydroxyl groups excluding tert-OH is 1. The van der Waals surface area contributed by atoms with Crippen LogP contribution in [0.3, 0.4) is 0 Å². The lowest BCUT2D eigenvalue weighted by molar-refractivity contribution is -0.124. The molecule has 11 heavy (non-hydrogen) atoms.